The molecular weight excluding hydrogens is 528 g/mol. The van der Waals surface area contributed by atoms with Gasteiger partial charge < -0.3 is 10.6 Å². The van der Waals surface area contributed by atoms with E-state index in [0.29, 0.717) is 28.9 Å². The lowest BCUT2D eigenvalue weighted by atomic mass is 10.00. The van der Waals surface area contributed by atoms with Crippen molar-refractivity contribution in [1.29, 1.82) is 10.5 Å². The van der Waals surface area contributed by atoms with E-state index in [9.17, 15) is 20.1 Å². The molecule has 2 aromatic carbocycles. The number of nitrogens with one attached hydrogen (secondary N) is 2. The van der Waals surface area contributed by atoms with Crippen LogP contribution in [0.1, 0.15) is 22.3 Å². The summed E-state index contributed by atoms with van der Waals surface area (Å²) in [6, 6.07) is 25.8. The van der Waals surface area contributed by atoms with Crippen LogP contribution >= 0.6 is 23.5 Å². The Morgan fingerprint density at radius 1 is 0.692 bits per heavy atom. The van der Waals surface area contributed by atoms with Crippen LogP contribution in [0.3, 0.4) is 0 Å². The highest BCUT2D eigenvalue weighted by Crippen LogP contribution is 2.23. The summed E-state index contributed by atoms with van der Waals surface area (Å²) in [6.07, 6.45) is 3.80. The normalized spacial score (nSPS) is 10.2. The summed E-state index contributed by atoms with van der Waals surface area (Å²) < 4.78 is 0. The first-order valence-corrected chi connectivity index (χ1v) is 13.7. The molecule has 0 aliphatic carbocycles. The van der Waals surface area contributed by atoms with Crippen LogP contribution < -0.4 is 10.6 Å². The number of hydrogen-bond donors (Lipinski definition) is 2. The molecule has 2 amide bonds. The Hall–Kier alpha value is -4.64. The van der Waals surface area contributed by atoms with Gasteiger partial charge in [-0.15, -0.1) is 0 Å². The van der Waals surface area contributed by atoms with E-state index >= 15 is 0 Å². The highest BCUT2D eigenvalue weighted by Gasteiger charge is 2.12. The van der Waals surface area contributed by atoms with Crippen molar-refractivity contribution in [3.8, 4) is 12.1 Å². The summed E-state index contributed by atoms with van der Waals surface area (Å²) in [7, 11) is 0. The van der Waals surface area contributed by atoms with Crippen molar-refractivity contribution in [1.82, 2.24) is 9.97 Å². The smallest absolute Gasteiger partial charge is 0.234 e. The number of amides is 2. The lowest BCUT2D eigenvalue weighted by Gasteiger charge is -2.11. The maximum Gasteiger partial charge on any atom is 0.234 e. The Bertz CT molecular complexity index is 1430. The maximum atomic E-state index is 12.4. The van der Waals surface area contributed by atoms with Crippen LogP contribution in [0.4, 0.5) is 11.4 Å². The fourth-order valence-electron chi connectivity index (χ4n) is 3.56. The predicted octanol–water partition coefficient (Wildman–Crippen LogP) is 5.27. The summed E-state index contributed by atoms with van der Waals surface area (Å²) in [5, 5.41) is 26.4. The molecule has 0 saturated heterocycles. The average Bonchev–Trinajstić information content (AvgIpc) is 2.97. The molecule has 4 aromatic rings. The molecule has 4 rings (SSSR count). The fraction of sp³-hybridized carbons (Fsp3) is 0.103. The van der Waals surface area contributed by atoms with Crippen LogP contribution in [-0.4, -0.2) is 33.3 Å². The highest BCUT2D eigenvalue weighted by atomic mass is 32.2. The molecule has 0 unspecified atom stereocenters. The molecule has 0 aliphatic heterocycles. The minimum Gasteiger partial charge on any atom is -0.324 e. The molecule has 0 atom stereocenters. The summed E-state index contributed by atoms with van der Waals surface area (Å²) >= 11 is 2.63. The zero-order valence-electron chi connectivity index (χ0n) is 20.6. The standard InChI is InChI=1S/C29H22N6O2S2/c30-16-22-14-20(7-9-24(22)34-26(36)18-38-28-5-1-3-11-32-28)13-21-8-10-25(23(15-21)17-31)35-27(37)19-39-29-6-2-4-12-33-29/h1-12,14-15H,13,18-19H2,(H,34,36)(H,35,37). The van der Waals surface area contributed by atoms with Gasteiger partial charge in [0.05, 0.1) is 44.1 Å². The molecular formula is C29H22N6O2S2. The third-order valence-corrected chi connectivity index (χ3v) is 7.23. The third kappa shape index (κ3) is 8.17. The Labute approximate surface area is 234 Å². The maximum absolute atomic E-state index is 12.4. The van der Waals surface area contributed by atoms with Crippen LogP contribution in [0.5, 0.6) is 0 Å². The topological polar surface area (TPSA) is 132 Å². The lowest BCUT2D eigenvalue weighted by molar-refractivity contribution is -0.114. The molecule has 0 saturated carbocycles. The van der Waals surface area contributed by atoms with E-state index in [-0.39, 0.29) is 23.3 Å². The summed E-state index contributed by atoms with van der Waals surface area (Å²) in [5.41, 5.74) is 3.26. The van der Waals surface area contributed by atoms with E-state index < -0.39 is 0 Å². The lowest BCUT2D eigenvalue weighted by Crippen LogP contribution is -2.15. The summed E-state index contributed by atoms with van der Waals surface area (Å²) in [5.74, 6) is -0.120. The molecule has 2 N–H and O–H groups in total. The Morgan fingerprint density at radius 2 is 1.15 bits per heavy atom. The van der Waals surface area contributed by atoms with Gasteiger partial charge in [-0.3, -0.25) is 9.59 Å². The van der Waals surface area contributed by atoms with Gasteiger partial charge in [0.25, 0.3) is 0 Å². The van der Waals surface area contributed by atoms with E-state index in [0.717, 1.165) is 21.2 Å². The van der Waals surface area contributed by atoms with Crippen molar-refractivity contribution in [3.05, 3.63) is 107 Å². The van der Waals surface area contributed by atoms with Crippen LogP contribution in [0, 0.1) is 22.7 Å². The van der Waals surface area contributed by atoms with Gasteiger partial charge in [0.15, 0.2) is 0 Å². The Balaban J connectivity index is 1.36. The van der Waals surface area contributed by atoms with E-state index in [4.69, 9.17) is 0 Å². The molecule has 0 bridgehead atoms. The van der Waals surface area contributed by atoms with Gasteiger partial charge >= 0.3 is 0 Å². The molecule has 10 heteroatoms. The molecule has 0 aliphatic rings. The number of nitriles is 2. The molecule has 8 nitrogen and oxygen atoms in total. The zero-order chi connectivity index (χ0) is 27.5. The number of anilines is 2. The number of pyridine rings is 2. The van der Waals surface area contributed by atoms with Gasteiger partial charge in [0.1, 0.15) is 12.1 Å². The average molecular weight is 551 g/mol. The van der Waals surface area contributed by atoms with Crippen LogP contribution in [0.15, 0.2) is 95.2 Å². The minimum atomic E-state index is -0.232. The Kier molecular flexibility index (Phi) is 9.68. The van der Waals surface area contributed by atoms with E-state index in [1.807, 2.05) is 48.5 Å². The first-order chi connectivity index (χ1) is 19.0. The van der Waals surface area contributed by atoms with E-state index in [2.05, 4.69) is 32.7 Å². The van der Waals surface area contributed by atoms with Crippen LogP contribution in [0.2, 0.25) is 0 Å². The second kappa shape index (κ2) is 13.8. The van der Waals surface area contributed by atoms with Crippen molar-refractivity contribution < 1.29 is 9.59 Å². The van der Waals surface area contributed by atoms with Crippen LogP contribution in [-0.2, 0) is 16.0 Å². The number of hydrogen-bond acceptors (Lipinski definition) is 8. The molecule has 2 heterocycles. The van der Waals surface area contributed by atoms with Gasteiger partial charge in [-0.05, 0) is 66.1 Å². The largest absolute Gasteiger partial charge is 0.324 e. The summed E-state index contributed by atoms with van der Waals surface area (Å²) in [6.45, 7) is 0. The first-order valence-electron chi connectivity index (χ1n) is 11.8. The number of aromatic nitrogens is 2. The third-order valence-electron chi connectivity index (χ3n) is 5.34. The molecule has 39 heavy (non-hydrogen) atoms. The minimum absolute atomic E-state index is 0.172. The van der Waals surface area contributed by atoms with Gasteiger partial charge in [0, 0.05) is 12.4 Å². The molecule has 2 aromatic heterocycles. The van der Waals surface area contributed by atoms with E-state index in [1.165, 1.54) is 23.5 Å². The Morgan fingerprint density at radius 3 is 1.54 bits per heavy atom. The second-order valence-corrected chi connectivity index (χ2v) is 10.2. The van der Waals surface area contributed by atoms with Crippen molar-refractivity contribution >= 4 is 46.7 Å². The van der Waals surface area contributed by atoms with E-state index in [1.54, 1.807) is 36.7 Å². The monoisotopic (exact) mass is 550 g/mol. The van der Waals surface area contributed by atoms with Crippen molar-refractivity contribution in [2.45, 2.75) is 16.5 Å². The van der Waals surface area contributed by atoms with Crippen molar-refractivity contribution in [2.75, 3.05) is 22.1 Å². The van der Waals surface area contributed by atoms with Crippen molar-refractivity contribution in [3.63, 3.8) is 0 Å². The van der Waals surface area contributed by atoms with Gasteiger partial charge in [-0.1, -0.05) is 47.8 Å². The number of benzene rings is 2. The fourth-order valence-corrected chi connectivity index (χ4v) is 4.88. The quantitative estimate of drug-likeness (QED) is 0.255. The zero-order valence-corrected chi connectivity index (χ0v) is 22.3. The van der Waals surface area contributed by atoms with Crippen molar-refractivity contribution in [2.24, 2.45) is 0 Å². The molecule has 0 fully saturated rings. The molecule has 0 spiro atoms. The second-order valence-electron chi connectivity index (χ2n) is 8.17. The number of carbonyl (C=O) groups is 2. The number of nitrogens with zero attached hydrogens (tertiary/aromatic N) is 4. The predicted molar refractivity (Wildman–Crippen MR) is 152 cm³/mol. The first kappa shape index (κ1) is 27.4. The van der Waals surface area contributed by atoms with Gasteiger partial charge in [0.2, 0.25) is 11.8 Å². The molecule has 192 valence electrons. The number of carbonyl (C=O) groups excluding carboxylic acids is 2. The number of rotatable bonds is 10. The SMILES string of the molecule is N#Cc1cc(Cc2ccc(NC(=O)CSc3ccccn3)c(C#N)c2)ccc1NC(=O)CSc1ccccn1. The highest BCUT2D eigenvalue weighted by molar-refractivity contribution is 8.00. The van der Waals surface area contributed by atoms with Crippen LogP contribution in [0.25, 0.3) is 0 Å². The summed E-state index contributed by atoms with van der Waals surface area (Å²) in [4.78, 5) is 33.1. The molecule has 0 radical (unpaired) electrons. The van der Waals surface area contributed by atoms with Gasteiger partial charge in [-0.25, -0.2) is 9.97 Å². The van der Waals surface area contributed by atoms with Gasteiger partial charge in [-0.2, -0.15) is 10.5 Å². The number of thioether (sulfide) groups is 2.